The number of methoxy groups -OCH3 is 1. The molecule has 3 heterocycles. The van der Waals surface area contributed by atoms with Gasteiger partial charge in [-0.25, -0.2) is 4.98 Å². The maximum atomic E-state index is 5.24. The maximum absolute atomic E-state index is 5.24. The van der Waals surface area contributed by atoms with E-state index in [1.165, 1.54) is 0 Å². The molecule has 1 fully saturated rings. The summed E-state index contributed by atoms with van der Waals surface area (Å²) < 4.78 is 8.27. The van der Waals surface area contributed by atoms with Gasteiger partial charge in [0.15, 0.2) is 0 Å². The van der Waals surface area contributed by atoms with Crippen molar-refractivity contribution in [3.05, 3.63) is 28.8 Å². The molecule has 0 aliphatic carbocycles. The number of hydrogen-bond acceptors (Lipinski definition) is 3. The van der Waals surface area contributed by atoms with Crippen LogP contribution >= 0.6 is 15.9 Å². The summed E-state index contributed by atoms with van der Waals surface area (Å²) in [4.78, 5) is 4.63. The van der Waals surface area contributed by atoms with Crippen molar-refractivity contribution >= 4 is 21.4 Å². The van der Waals surface area contributed by atoms with Gasteiger partial charge >= 0.3 is 0 Å². The van der Waals surface area contributed by atoms with Crippen LogP contribution in [-0.4, -0.2) is 29.6 Å². The van der Waals surface area contributed by atoms with Gasteiger partial charge in [-0.2, -0.15) is 0 Å². The molecule has 0 amide bonds. The molecule has 1 atom stereocenters. The third kappa shape index (κ3) is 1.83. The average molecular weight is 296 g/mol. The lowest BCUT2D eigenvalue weighted by Gasteiger charge is -2.07. The van der Waals surface area contributed by atoms with E-state index in [4.69, 9.17) is 4.74 Å². The van der Waals surface area contributed by atoms with Crippen molar-refractivity contribution in [2.75, 3.05) is 20.2 Å². The van der Waals surface area contributed by atoms with E-state index in [9.17, 15) is 0 Å². The Morgan fingerprint density at radius 3 is 3.18 bits per heavy atom. The number of hydrogen-bond donors (Lipinski definition) is 1. The second-order valence-corrected chi connectivity index (χ2v) is 5.02. The molecule has 17 heavy (non-hydrogen) atoms. The van der Waals surface area contributed by atoms with Crippen LogP contribution in [0.5, 0.6) is 5.75 Å². The lowest BCUT2D eigenvalue weighted by molar-refractivity contribution is 0.414. The Balaban J connectivity index is 2.13. The van der Waals surface area contributed by atoms with Crippen LogP contribution in [0.25, 0.3) is 5.52 Å². The Hall–Kier alpha value is -1.07. The summed E-state index contributed by atoms with van der Waals surface area (Å²) in [6, 6.07) is 3.97. The van der Waals surface area contributed by atoms with Gasteiger partial charge in [-0.1, -0.05) is 0 Å². The second-order valence-electron chi connectivity index (χ2n) is 4.27. The Kier molecular flexibility index (Phi) is 2.80. The van der Waals surface area contributed by atoms with E-state index in [0.29, 0.717) is 5.92 Å². The smallest absolute Gasteiger partial charge is 0.132 e. The number of imidazole rings is 1. The zero-order valence-corrected chi connectivity index (χ0v) is 11.2. The fraction of sp³-hybridized carbons (Fsp3) is 0.417. The minimum atomic E-state index is 0.502. The predicted molar refractivity (Wildman–Crippen MR) is 69.7 cm³/mol. The number of fused-ring (bicyclic) bond motifs is 1. The van der Waals surface area contributed by atoms with Crippen molar-refractivity contribution in [1.82, 2.24) is 14.7 Å². The van der Waals surface area contributed by atoms with Gasteiger partial charge in [0.1, 0.15) is 16.2 Å². The fourth-order valence-electron chi connectivity index (χ4n) is 2.34. The van der Waals surface area contributed by atoms with Crippen molar-refractivity contribution in [3.63, 3.8) is 0 Å². The van der Waals surface area contributed by atoms with E-state index < -0.39 is 0 Å². The van der Waals surface area contributed by atoms with Crippen molar-refractivity contribution in [2.24, 2.45) is 0 Å². The number of aromatic nitrogens is 2. The highest BCUT2D eigenvalue weighted by Gasteiger charge is 2.22. The van der Waals surface area contributed by atoms with Crippen LogP contribution in [0.3, 0.4) is 0 Å². The standard InChI is InChI=1S/C12H14BrN3O/c1-17-9-3-5-16-10(6-9)11(13)15-12(16)8-2-4-14-7-8/h3,5-6,8,14H,2,4,7H2,1H3. The summed E-state index contributed by atoms with van der Waals surface area (Å²) in [5, 5.41) is 3.37. The van der Waals surface area contributed by atoms with E-state index in [1.807, 2.05) is 18.3 Å². The van der Waals surface area contributed by atoms with Gasteiger partial charge in [-0.3, -0.25) is 0 Å². The molecular weight excluding hydrogens is 282 g/mol. The quantitative estimate of drug-likeness (QED) is 0.923. The highest BCUT2D eigenvalue weighted by atomic mass is 79.9. The second kappa shape index (κ2) is 4.31. The van der Waals surface area contributed by atoms with Gasteiger partial charge in [0.05, 0.1) is 12.6 Å². The minimum absolute atomic E-state index is 0.502. The van der Waals surface area contributed by atoms with Crippen molar-refractivity contribution in [3.8, 4) is 5.75 Å². The average Bonchev–Trinajstić information content (AvgIpc) is 2.97. The SMILES string of the molecule is COc1ccn2c(C3CCNC3)nc(Br)c2c1. The van der Waals surface area contributed by atoms with Crippen LogP contribution in [0.4, 0.5) is 0 Å². The van der Waals surface area contributed by atoms with Gasteiger partial charge in [0, 0.05) is 24.7 Å². The molecule has 2 aromatic heterocycles. The summed E-state index contributed by atoms with van der Waals surface area (Å²) in [5.41, 5.74) is 1.06. The van der Waals surface area contributed by atoms with Crippen LogP contribution in [0.15, 0.2) is 22.9 Å². The van der Waals surface area contributed by atoms with Crippen molar-refractivity contribution in [2.45, 2.75) is 12.3 Å². The number of nitrogens with one attached hydrogen (secondary N) is 1. The normalized spacial score (nSPS) is 20.0. The molecule has 90 valence electrons. The molecule has 0 aromatic carbocycles. The van der Waals surface area contributed by atoms with E-state index >= 15 is 0 Å². The largest absolute Gasteiger partial charge is 0.497 e. The molecule has 0 spiro atoms. The molecule has 1 saturated heterocycles. The third-order valence-electron chi connectivity index (χ3n) is 3.26. The molecular formula is C12H14BrN3O. The summed E-state index contributed by atoms with van der Waals surface area (Å²) in [6.45, 7) is 2.09. The van der Waals surface area contributed by atoms with Gasteiger partial charge in [-0.15, -0.1) is 0 Å². The number of pyridine rings is 1. The number of halogens is 1. The lowest BCUT2D eigenvalue weighted by Crippen LogP contribution is -2.10. The van der Waals surface area contributed by atoms with Crippen LogP contribution in [0, 0.1) is 0 Å². The molecule has 2 aromatic rings. The monoisotopic (exact) mass is 295 g/mol. The predicted octanol–water partition coefficient (Wildman–Crippen LogP) is 2.18. The van der Waals surface area contributed by atoms with Crippen LogP contribution < -0.4 is 10.1 Å². The van der Waals surface area contributed by atoms with E-state index in [2.05, 4.69) is 30.6 Å². The summed E-state index contributed by atoms with van der Waals surface area (Å²) in [7, 11) is 1.68. The molecule has 1 aliphatic rings. The molecule has 1 aliphatic heterocycles. The Morgan fingerprint density at radius 1 is 1.59 bits per heavy atom. The van der Waals surface area contributed by atoms with E-state index in [1.54, 1.807) is 7.11 Å². The number of ether oxygens (including phenoxy) is 1. The first-order valence-electron chi connectivity index (χ1n) is 5.72. The highest BCUT2D eigenvalue weighted by molar-refractivity contribution is 9.10. The summed E-state index contributed by atoms with van der Waals surface area (Å²) in [6.07, 6.45) is 3.18. The van der Waals surface area contributed by atoms with Gasteiger partial charge in [0.25, 0.3) is 0 Å². The number of nitrogens with zero attached hydrogens (tertiary/aromatic N) is 2. The zero-order chi connectivity index (χ0) is 11.8. The van der Waals surface area contributed by atoms with Gasteiger partial charge < -0.3 is 14.5 Å². The van der Waals surface area contributed by atoms with Crippen molar-refractivity contribution in [1.29, 1.82) is 0 Å². The van der Waals surface area contributed by atoms with Crippen molar-refractivity contribution < 1.29 is 4.74 Å². The van der Waals surface area contributed by atoms with E-state index in [0.717, 1.165) is 41.2 Å². The molecule has 0 saturated carbocycles. The molecule has 3 rings (SSSR count). The van der Waals surface area contributed by atoms with Crippen LogP contribution in [0.2, 0.25) is 0 Å². The fourth-order valence-corrected chi connectivity index (χ4v) is 2.83. The minimum Gasteiger partial charge on any atom is -0.497 e. The molecule has 0 bridgehead atoms. The highest BCUT2D eigenvalue weighted by Crippen LogP contribution is 2.29. The molecule has 5 heteroatoms. The Bertz CT molecular complexity index is 546. The van der Waals surface area contributed by atoms with Gasteiger partial charge in [0.2, 0.25) is 0 Å². The molecule has 1 N–H and O–H groups in total. The number of rotatable bonds is 2. The zero-order valence-electron chi connectivity index (χ0n) is 9.61. The Morgan fingerprint density at radius 2 is 2.47 bits per heavy atom. The Labute approximate surface area is 108 Å². The molecule has 1 unspecified atom stereocenters. The van der Waals surface area contributed by atoms with Gasteiger partial charge in [-0.05, 0) is 35.0 Å². The molecule has 0 radical (unpaired) electrons. The maximum Gasteiger partial charge on any atom is 0.132 e. The lowest BCUT2D eigenvalue weighted by atomic mass is 10.1. The van der Waals surface area contributed by atoms with Crippen LogP contribution in [0.1, 0.15) is 18.2 Å². The topological polar surface area (TPSA) is 38.6 Å². The molecule has 4 nitrogen and oxygen atoms in total. The first-order chi connectivity index (χ1) is 8.29. The summed E-state index contributed by atoms with van der Waals surface area (Å²) >= 11 is 3.52. The third-order valence-corrected chi connectivity index (χ3v) is 3.84. The first-order valence-corrected chi connectivity index (χ1v) is 6.51. The summed E-state index contributed by atoms with van der Waals surface area (Å²) in [5.74, 6) is 2.48. The van der Waals surface area contributed by atoms with E-state index in [-0.39, 0.29) is 0 Å². The van der Waals surface area contributed by atoms with Crippen LogP contribution in [-0.2, 0) is 0 Å². The first kappa shape index (κ1) is 11.0.